The Labute approximate surface area is 54.9 Å². The van der Waals surface area contributed by atoms with Gasteiger partial charge in [0.2, 0.25) is 0 Å². The summed E-state index contributed by atoms with van der Waals surface area (Å²) in [6, 6.07) is 0. The molecule has 0 aromatic rings. The van der Waals surface area contributed by atoms with Crippen LogP contribution in [0.2, 0.25) is 0 Å². The average Bonchev–Trinajstić information content (AvgIpc) is 1.64. The lowest BCUT2D eigenvalue weighted by Gasteiger charge is -2.02. The first kappa shape index (κ1) is 8.89. The van der Waals surface area contributed by atoms with Gasteiger partial charge in [0, 0.05) is 5.82 Å². The fourth-order valence-corrected chi connectivity index (χ4v) is 1.25. The van der Waals surface area contributed by atoms with Crippen LogP contribution in [0.15, 0.2) is 11.9 Å². The minimum Gasteiger partial charge on any atom is -0.321 e. The molecule has 0 fully saturated rings. The highest BCUT2D eigenvalue weighted by molar-refractivity contribution is 7.56. The number of rotatable bonds is 3. The lowest BCUT2D eigenvalue weighted by atomic mass is 10.8. The largest absolute Gasteiger partial charge is 0.351 e. The fraction of sp³-hybridized carbons (Fsp3) is 0.600. The standard InChI is InChI=1S/C5H11O3P/c1-3-5-9(6,7)8-4-2/h3,5H,4H2,1-2H3,(H,6,7). The molecule has 54 valence electrons. The molecule has 1 atom stereocenters. The van der Waals surface area contributed by atoms with Crippen molar-refractivity contribution in [2.75, 3.05) is 6.61 Å². The van der Waals surface area contributed by atoms with E-state index in [9.17, 15) is 4.57 Å². The van der Waals surface area contributed by atoms with E-state index < -0.39 is 7.60 Å². The Morgan fingerprint density at radius 1 is 1.78 bits per heavy atom. The molecular formula is C5H11O3P. The van der Waals surface area contributed by atoms with Crippen molar-refractivity contribution in [3.05, 3.63) is 11.9 Å². The maximum absolute atomic E-state index is 10.7. The van der Waals surface area contributed by atoms with Crippen LogP contribution in [-0.4, -0.2) is 11.5 Å². The van der Waals surface area contributed by atoms with E-state index in [-0.39, 0.29) is 6.61 Å². The van der Waals surface area contributed by atoms with Crippen LogP contribution in [0.25, 0.3) is 0 Å². The van der Waals surface area contributed by atoms with Crippen molar-refractivity contribution in [2.24, 2.45) is 0 Å². The summed E-state index contributed by atoms with van der Waals surface area (Å²) in [6.07, 6.45) is 1.50. The minimum absolute atomic E-state index is 0.262. The molecule has 0 radical (unpaired) electrons. The highest BCUT2D eigenvalue weighted by atomic mass is 31.2. The van der Waals surface area contributed by atoms with E-state index in [1.54, 1.807) is 13.8 Å². The summed E-state index contributed by atoms with van der Waals surface area (Å²) >= 11 is 0. The molecule has 9 heavy (non-hydrogen) atoms. The first-order valence-electron chi connectivity index (χ1n) is 2.73. The van der Waals surface area contributed by atoms with Gasteiger partial charge in [-0.3, -0.25) is 4.57 Å². The normalized spacial score (nSPS) is 18.1. The van der Waals surface area contributed by atoms with Crippen LogP contribution in [-0.2, 0) is 9.09 Å². The Kier molecular flexibility index (Phi) is 3.78. The second-order valence-corrected chi connectivity index (χ2v) is 3.15. The molecule has 1 unspecified atom stereocenters. The number of hydrogen-bond donors (Lipinski definition) is 1. The molecule has 3 nitrogen and oxygen atoms in total. The van der Waals surface area contributed by atoms with E-state index in [1.165, 1.54) is 6.08 Å². The summed E-state index contributed by atoms with van der Waals surface area (Å²) in [7, 11) is -3.37. The van der Waals surface area contributed by atoms with Crippen molar-refractivity contribution < 1.29 is 14.0 Å². The van der Waals surface area contributed by atoms with Crippen molar-refractivity contribution in [3.63, 3.8) is 0 Å². The number of hydrogen-bond acceptors (Lipinski definition) is 2. The van der Waals surface area contributed by atoms with E-state index in [2.05, 4.69) is 4.52 Å². The predicted molar refractivity (Wildman–Crippen MR) is 36.3 cm³/mol. The molecule has 0 rings (SSSR count). The fourth-order valence-electron chi connectivity index (χ4n) is 0.416. The van der Waals surface area contributed by atoms with Crippen LogP contribution < -0.4 is 0 Å². The van der Waals surface area contributed by atoms with E-state index in [0.29, 0.717) is 0 Å². The van der Waals surface area contributed by atoms with Crippen molar-refractivity contribution in [3.8, 4) is 0 Å². The van der Waals surface area contributed by atoms with Gasteiger partial charge in [-0.2, -0.15) is 0 Å². The van der Waals surface area contributed by atoms with Crippen molar-refractivity contribution in [1.29, 1.82) is 0 Å². The summed E-state index contributed by atoms with van der Waals surface area (Å²) in [6.45, 7) is 3.60. The van der Waals surface area contributed by atoms with Gasteiger partial charge in [-0.25, -0.2) is 0 Å². The summed E-state index contributed by atoms with van der Waals surface area (Å²) in [5.41, 5.74) is 0. The second kappa shape index (κ2) is 3.83. The van der Waals surface area contributed by atoms with Crippen molar-refractivity contribution >= 4 is 7.60 Å². The van der Waals surface area contributed by atoms with Gasteiger partial charge in [0.05, 0.1) is 6.61 Å². The van der Waals surface area contributed by atoms with Gasteiger partial charge in [-0.15, -0.1) is 0 Å². The maximum Gasteiger partial charge on any atom is 0.351 e. The van der Waals surface area contributed by atoms with Crippen LogP contribution >= 0.6 is 7.60 Å². The monoisotopic (exact) mass is 150 g/mol. The van der Waals surface area contributed by atoms with E-state index in [0.717, 1.165) is 5.82 Å². The SMILES string of the molecule is CC=CP(=O)(O)OCC. The zero-order valence-corrected chi connectivity index (χ0v) is 6.47. The Morgan fingerprint density at radius 3 is 2.67 bits per heavy atom. The van der Waals surface area contributed by atoms with E-state index in [4.69, 9.17) is 4.89 Å². The first-order valence-corrected chi connectivity index (χ1v) is 4.38. The maximum atomic E-state index is 10.7. The smallest absolute Gasteiger partial charge is 0.321 e. The molecule has 0 heterocycles. The van der Waals surface area contributed by atoms with Gasteiger partial charge in [-0.1, -0.05) is 6.08 Å². The zero-order chi connectivity index (χ0) is 7.33. The molecule has 4 heteroatoms. The molecule has 0 aromatic heterocycles. The topological polar surface area (TPSA) is 46.5 Å². The molecule has 0 saturated carbocycles. The Morgan fingerprint density at radius 2 is 2.33 bits per heavy atom. The second-order valence-electron chi connectivity index (χ2n) is 1.46. The van der Waals surface area contributed by atoms with Gasteiger partial charge < -0.3 is 9.42 Å². The van der Waals surface area contributed by atoms with Gasteiger partial charge in [-0.05, 0) is 13.8 Å². The van der Waals surface area contributed by atoms with Gasteiger partial charge in [0.15, 0.2) is 0 Å². The van der Waals surface area contributed by atoms with Crippen LogP contribution in [0.5, 0.6) is 0 Å². The average molecular weight is 150 g/mol. The van der Waals surface area contributed by atoms with Crippen molar-refractivity contribution in [1.82, 2.24) is 0 Å². The molecule has 0 bridgehead atoms. The quantitative estimate of drug-likeness (QED) is 0.623. The van der Waals surface area contributed by atoms with Gasteiger partial charge >= 0.3 is 7.60 Å². The van der Waals surface area contributed by atoms with Crippen LogP contribution in [0.3, 0.4) is 0 Å². The minimum atomic E-state index is -3.37. The Balaban J connectivity index is 3.87. The molecule has 0 aromatic carbocycles. The van der Waals surface area contributed by atoms with E-state index >= 15 is 0 Å². The van der Waals surface area contributed by atoms with Gasteiger partial charge in [0.25, 0.3) is 0 Å². The summed E-state index contributed by atoms with van der Waals surface area (Å²) in [5.74, 6) is 1.16. The summed E-state index contributed by atoms with van der Waals surface area (Å²) in [5, 5.41) is 0. The Hall–Kier alpha value is -0.110. The highest BCUT2D eigenvalue weighted by Gasteiger charge is 2.10. The lowest BCUT2D eigenvalue weighted by molar-refractivity contribution is 0.283. The molecule has 0 spiro atoms. The highest BCUT2D eigenvalue weighted by Crippen LogP contribution is 2.42. The van der Waals surface area contributed by atoms with Crippen LogP contribution in [0.4, 0.5) is 0 Å². The Bertz CT molecular complexity index is 141. The third-order valence-corrected chi connectivity index (χ3v) is 1.95. The third-order valence-electron chi connectivity index (χ3n) is 0.652. The third kappa shape index (κ3) is 4.40. The zero-order valence-electron chi connectivity index (χ0n) is 5.57. The lowest BCUT2D eigenvalue weighted by Crippen LogP contribution is -1.83. The summed E-state index contributed by atoms with van der Waals surface area (Å²) in [4.78, 5) is 8.76. The molecule has 1 N–H and O–H groups in total. The molecule has 0 saturated heterocycles. The molecular weight excluding hydrogens is 139 g/mol. The molecule has 0 aliphatic heterocycles. The molecule has 0 aliphatic rings. The van der Waals surface area contributed by atoms with Crippen molar-refractivity contribution in [2.45, 2.75) is 13.8 Å². The summed E-state index contributed by atoms with van der Waals surface area (Å²) < 4.78 is 15.2. The number of allylic oxidation sites excluding steroid dienone is 1. The van der Waals surface area contributed by atoms with Crippen LogP contribution in [0.1, 0.15) is 13.8 Å². The van der Waals surface area contributed by atoms with Gasteiger partial charge in [0.1, 0.15) is 0 Å². The molecule has 0 amide bonds. The van der Waals surface area contributed by atoms with Crippen LogP contribution in [0, 0.1) is 0 Å². The molecule has 0 aliphatic carbocycles. The first-order chi connectivity index (χ1) is 4.12. The predicted octanol–water partition coefficient (Wildman–Crippen LogP) is 1.74. The van der Waals surface area contributed by atoms with E-state index in [1.807, 2.05) is 0 Å².